The first-order valence-corrected chi connectivity index (χ1v) is 11.6. The van der Waals surface area contributed by atoms with Gasteiger partial charge in [-0.05, 0) is 69.7 Å². The van der Waals surface area contributed by atoms with Crippen molar-refractivity contribution in [3.05, 3.63) is 59.1 Å². The number of rotatable bonds is 9. The van der Waals surface area contributed by atoms with Gasteiger partial charge in [0.2, 0.25) is 11.8 Å². The van der Waals surface area contributed by atoms with Gasteiger partial charge in [0.05, 0.1) is 7.11 Å². The number of carbonyl (C=O) groups excluding carboxylic acids is 2. The molecule has 0 radical (unpaired) electrons. The fraction of sp³-hybridized carbons (Fsp3) is 0.417. The molecular formula is C24H31ClN2O3S. The SMILES string of the molecule is COc1ccc(CN(C(=O)CCSc2ccc(Cl)cc2)[C@H](C)C(=O)NC(C)(C)C)cc1. The molecule has 0 saturated carbocycles. The van der Waals surface area contributed by atoms with Crippen LogP contribution in [0, 0.1) is 0 Å². The van der Waals surface area contributed by atoms with Crippen LogP contribution in [-0.4, -0.2) is 41.2 Å². The second kappa shape index (κ2) is 11.4. The van der Waals surface area contributed by atoms with E-state index in [0.29, 0.717) is 23.7 Å². The zero-order valence-electron chi connectivity index (χ0n) is 18.8. The summed E-state index contributed by atoms with van der Waals surface area (Å²) < 4.78 is 5.21. The fourth-order valence-electron chi connectivity index (χ4n) is 2.91. The lowest BCUT2D eigenvalue weighted by Crippen LogP contribution is -2.52. The van der Waals surface area contributed by atoms with Crippen LogP contribution in [0.4, 0.5) is 0 Å². The number of halogens is 1. The highest BCUT2D eigenvalue weighted by Crippen LogP contribution is 2.22. The third-order valence-electron chi connectivity index (χ3n) is 4.58. The van der Waals surface area contributed by atoms with Crippen molar-refractivity contribution in [3.63, 3.8) is 0 Å². The summed E-state index contributed by atoms with van der Waals surface area (Å²) in [7, 11) is 1.61. The number of carbonyl (C=O) groups is 2. The summed E-state index contributed by atoms with van der Waals surface area (Å²) in [6.07, 6.45) is 0.330. The monoisotopic (exact) mass is 462 g/mol. The molecule has 0 aliphatic rings. The second-order valence-electron chi connectivity index (χ2n) is 8.34. The molecule has 0 saturated heterocycles. The van der Waals surface area contributed by atoms with Crippen molar-refractivity contribution in [1.29, 1.82) is 0 Å². The average molecular weight is 463 g/mol. The molecule has 0 bridgehead atoms. The van der Waals surface area contributed by atoms with Crippen LogP contribution in [0.1, 0.15) is 39.7 Å². The van der Waals surface area contributed by atoms with Crippen LogP contribution in [0.3, 0.4) is 0 Å². The molecule has 1 N–H and O–H groups in total. The molecule has 5 nitrogen and oxygen atoms in total. The zero-order valence-corrected chi connectivity index (χ0v) is 20.3. The first-order valence-electron chi connectivity index (χ1n) is 10.2. The Labute approximate surface area is 194 Å². The third kappa shape index (κ3) is 8.46. The standard InChI is InChI=1S/C24H31ClN2O3S/c1-17(23(29)26-24(2,3)4)27(16-18-6-10-20(30-5)11-7-18)22(28)14-15-31-21-12-8-19(25)9-13-21/h6-13,17H,14-16H2,1-5H3,(H,26,29)/t17-/m1/s1. The Morgan fingerprint density at radius 1 is 1.10 bits per heavy atom. The molecule has 2 rings (SSSR count). The van der Waals surface area contributed by atoms with Crippen molar-refractivity contribution in [2.75, 3.05) is 12.9 Å². The highest BCUT2D eigenvalue weighted by Gasteiger charge is 2.28. The smallest absolute Gasteiger partial charge is 0.242 e. The number of hydrogen-bond acceptors (Lipinski definition) is 4. The number of benzene rings is 2. The summed E-state index contributed by atoms with van der Waals surface area (Å²) in [4.78, 5) is 28.6. The molecule has 2 amide bonds. The van der Waals surface area contributed by atoms with Crippen LogP contribution in [0.2, 0.25) is 5.02 Å². The molecule has 31 heavy (non-hydrogen) atoms. The van der Waals surface area contributed by atoms with E-state index in [1.54, 1.807) is 30.7 Å². The Morgan fingerprint density at radius 2 is 1.71 bits per heavy atom. The summed E-state index contributed by atoms with van der Waals surface area (Å²) in [5.74, 6) is 1.14. The molecule has 0 fully saturated rings. The number of nitrogens with zero attached hydrogens (tertiary/aromatic N) is 1. The molecule has 0 aromatic heterocycles. The van der Waals surface area contributed by atoms with Gasteiger partial charge in [-0.3, -0.25) is 9.59 Å². The maximum atomic E-state index is 13.1. The number of amides is 2. The summed E-state index contributed by atoms with van der Waals surface area (Å²) in [6.45, 7) is 7.91. The van der Waals surface area contributed by atoms with E-state index in [1.807, 2.05) is 69.3 Å². The number of methoxy groups -OCH3 is 1. The van der Waals surface area contributed by atoms with Crippen molar-refractivity contribution in [1.82, 2.24) is 10.2 Å². The number of thioether (sulfide) groups is 1. The number of ether oxygens (including phenoxy) is 1. The van der Waals surface area contributed by atoms with Crippen molar-refractivity contribution in [2.45, 2.75) is 57.1 Å². The van der Waals surface area contributed by atoms with E-state index < -0.39 is 6.04 Å². The molecule has 2 aromatic carbocycles. The van der Waals surface area contributed by atoms with Gasteiger partial charge in [0, 0.05) is 34.2 Å². The first-order chi connectivity index (χ1) is 14.6. The average Bonchev–Trinajstić information content (AvgIpc) is 2.72. The lowest BCUT2D eigenvalue weighted by Gasteiger charge is -2.31. The predicted octanol–water partition coefficient (Wildman–Crippen LogP) is 5.16. The highest BCUT2D eigenvalue weighted by atomic mass is 35.5. The van der Waals surface area contributed by atoms with Crippen LogP contribution in [0.5, 0.6) is 5.75 Å². The molecular weight excluding hydrogens is 432 g/mol. The van der Waals surface area contributed by atoms with Crippen LogP contribution < -0.4 is 10.1 Å². The van der Waals surface area contributed by atoms with Crippen LogP contribution in [0.15, 0.2) is 53.4 Å². The van der Waals surface area contributed by atoms with E-state index in [0.717, 1.165) is 16.2 Å². The van der Waals surface area contributed by atoms with E-state index in [-0.39, 0.29) is 17.4 Å². The number of nitrogens with one attached hydrogen (secondary N) is 1. The summed E-state index contributed by atoms with van der Waals surface area (Å²) in [5, 5.41) is 3.66. The molecule has 0 unspecified atom stereocenters. The lowest BCUT2D eigenvalue weighted by atomic mass is 10.1. The predicted molar refractivity (Wildman–Crippen MR) is 128 cm³/mol. The molecule has 0 heterocycles. The second-order valence-corrected chi connectivity index (χ2v) is 9.94. The van der Waals surface area contributed by atoms with Crippen molar-refractivity contribution in [2.24, 2.45) is 0 Å². The van der Waals surface area contributed by atoms with E-state index in [9.17, 15) is 9.59 Å². The Morgan fingerprint density at radius 3 is 2.26 bits per heavy atom. The van der Waals surface area contributed by atoms with E-state index in [1.165, 1.54) is 0 Å². The fourth-order valence-corrected chi connectivity index (χ4v) is 3.88. The Bertz CT molecular complexity index is 864. The third-order valence-corrected chi connectivity index (χ3v) is 5.84. The number of hydrogen-bond donors (Lipinski definition) is 1. The van der Waals surface area contributed by atoms with Crippen molar-refractivity contribution < 1.29 is 14.3 Å². The quantitative estimate of drug-likeness (QED) is 0.523. The van der Waals surface area contributed by atoms with Gasteiger partial charge in [0.1, 0.15) is 11.8 Å². The molecule has 0 spiro atoms. The van der Waals surface area contributed by atoms with Gasteiger partial charge in [0.15, 0.2) is 0 Å². The van der Waals surface area contributed by atoms with E-state index >= 15 is 0 Å². The zero-order chi connectivity index (χ0) is 23.0. The van der Waals surface area contributed by atoms with Crippen molar-refractivity contribution >= 4 is 35.2 Å². The van der Waals surface area contributed by atoms with Crippen LogP contribution in [-0.2, 0) is 16.1 Å². The largest absolute Gasteiger partial charge is 0.497 e. The minimum atomic E-state index is -0.589. The van der Waals surface area contributed by atoms with Gasteiger partial charge in [-0.15, -0.1) is 11.8 Å². The van der Waals surface area contributed by atoms with Crippen LogP contribution in [0.25, 0.3) is 0 Å². The lowest BCUT2D eigenvalue weighted by molar-refractivity contribution is -0.140. The molecule has 0 aliphatic carbocycles. The van der Waals surface area contributed by atoms with Gasteiger partial charge in [0.25, 0.3) is 0 Å². The van der Waals surface area contributed by atoms with Crippen molar-refractivity contribution in [3.8, 4) is 5.75 Å². The summed E-state index contributed by atoms with van der Waals surface area (Å²) in [6, 6.07) is 14.5. The van der Waals surface area contributed by atoms with Gasteiger partial charge < -0.3 is 15.0 Å². The summed E-state index contributed by atoms with van der Waals surface area (Å²) in [5.41, 5.74) is 0.569. The highest BCUT2D eigenvalue weighted by molar-refractivity contribution is 7.99. The van der Waals surface area contributed by atoms with Gasteiger partial charge in [-0.25, -0.2) is 0 Å². The van der Waals surface area contributed by atoms with E-state index in [2.05, 4.69) is 5.32 Å². The molecule has 1 atom stereocenters. The maximum Gasteiger partial charge on any atom is 0.242 e. The molecule has 7 heteroatoms. The van der Waals surface area contributed by atoms with Gasteiger partial charge in [-0.2, -0.15) is 0 Å². The topological polar surface area (TPSA) is 58.6 Å². The molecule has 0 aliphatic heterocycles. The Kier molecular flexibility index (Phi) is 9.26. The maximum absolute atomic E-state index is 13.1. The van der Waals surface area contributed by atoms with Gasteiger partial charge >= 0.3 is 0 Å². The summed E-state index contributed by atoms with van der Waals surface area (Å²) >= 11 is 7.52. The minimum absolute atomic E-state index is 0.0613. The molecule has 168 valence electrons. The molecule has 2 aromatic rings. The van der Waals surface area contributed by atoms with E-state index in [4.69, 9.17) is 16.3 Å². The normalized spacial score (nSPS) is 12.2. The minimum Gasteiger partial charge on any atom is -0.497 e. The first kappa shape index (κ1) is 25.1. The Hall–Kier alpha value is -2.18. The van der Waals surface area contributed by atoms with Gasteiger partial charge in [-0.1, -0.05) is 23.7 Å². The van der Waals surface area contributed by atoms with Crippen LogP contribution >= 0.6 is 23.4 Å². The Balaban J connectivity index is 2.09.